The molecule has 0 radical (unpaired) electrons. The number of carbonyl (C=O) groups excluding carboxylic acids is 2. The van der Waals surface area contributed by atoms with E-state index in [1.54, 1.807) is 36.0 Å². The minimum absolute atomic E-state index is 0.0527. The molecule has 1 saturated heterocycles. The first kappa shape index (κ1) is 20.5. The van der Waals surface area contributed by atoms with Gasteiger partial charge in [-0.05, 0) is 25.0 Å². The van der Waals surface area contributed by atoms with Crippen molar-refractivity contribution in [2.45, 2.75) is 31.8 Å². The highest BCUT2D eigenvalue weighted by Crippen LogP contribution is 2.29. The number of hydrogen-bond donors (Lipinski definition) is 1. The molecule has 10 heteroatoms. The number of urea groups is 2. The van der Waals surface area contributed by atoms with Crippen LogP contribution in [-0.2, 0) is 13.1 Å². The second kappa shape index (κ2) is 8.51. The first-order chi connectivity index (χ1) is 14.4. The summed E-state index contributed by atoms with van der Waals surface area (Å²) in [6, 6.07) is 7.03. The van der Waals surface area contributed by atoms with Crippen LogP contribution in [0.2, 0.25) is 5.02 Å². The van der Waals surface area contributed by atoms with Gasteiger partial charge in [-0.3, -0.25) is 0 Å². The third-order valence-electron chi connectivity index (χ3n) is 5.70. The van der Waals surface area contributed by atoms with Gasteiger partial charge < -0.3 is 24.6 Å². The fraction of sp³-hybridized carbons (Fsp3) is 0.500. The molecule has 2 aliphatic heterocycles. The Morgan fingerprint density at radius 3 is 2.50 bits per heavy atom. The van der Waals surface area contributed by atoms with Gasteiger partial charge in [-0.1, -0.05) is 23.7 Å². The molecule has 0 saturated carbocycles. The molecule has 9 nitrogen and oxygen atoms in total. The van der Waals surface area contributed by atoms with Gasteiger partial charge in [-0.2, -0.15) is 0 Å². The average molecular weight is 432 g/mol. The summed E-state index contributed by atoms with van der Waals surface area (Å²) in [6.07, 6.45) is 1.74. The van der Waals surface area contributed by atoms with E-state index in [1.807, 2.05) is 17.0 Å². The predicted molar refractivity (Wildman–Crippen MR) is 114 cm³/mol. The van der Waals surface area contributed by atoms with E-state index in [0.29, 0.717) is 30.3 Å². The van der Waals surface area contributed by atoms with Crippen LogP contribution in [0.1, 0.15) is 30.4 Å². The molecule has 30 heavy (non-hydrogen) atoms. The summed E-state index contributed by atoms with van der Waals surface area (Å²) in [5, 5.41) is 12.2. The lowest BCUT2D eigenvalue weighted by atomic mass is 9.96. The Morgan fingerprint density at radius 1 is 1.07 bits per heavy atom. The SMILES string of the molecule is CN(C)C(=O)N1CCC(c2nnc3n2CCN(C(=O)Nc2ccccc2Cl)C3)CC1. The molecule has 4 rings (SSSR count). The van der Waals surface area contributed by atoms with Crippen molar-refractivity contribution >= 4 is 29.4 Å². The molecule has 1 aromatic heterocycles. The minimum Gasteiger partial charge on any atom is -0.331 e. The van der Waals surface area contributed by atoms with Crippen LogP contribution in [0.25, 0.3) is 0 Å². The van der Waals surface area contributed by atoms with Crippen molar-refractivity contribution in [3.05, 3.63) is 40.9 Å². The minimum atomic E-state index is -0.200. The van der Waals surface area contributed by atoms with E-state index in [1.165, 1.54) is 0 Å². The van der Waals surface area contributed by atoms with Crippen molar-refractivity contribution in [2.24, 2.45) is 0 Å². The zero-order valence-corrected chi connectivity index (χ0v) is 18.0. The summed E-state index contributed by atoms with van der Waals surface area (Å²) in [6.45, 7) is 3.07. The number of piperidine rings is 1. The van der Waals surface area contributed by atoms with E-state index < -0.39 is 0 Å². The first-order valence-electron chi connectivity index (χ1n) is 10.1. The number of rotatable bonds is 2. The summed E-state index contributed by atoms with van der Waals surface area (Å²) in [4.78, 5) is 30.0. The first-order valence-corrected chi connectivity index (χ1v) is 10.5. The standard InChI is InChI=1S/C20H26ClN7O2/c1-25(2)20(30)26-9-7-14(8-10-26)18-24-23-17-13-27(11-12-28(17)18)19(29)22-16-6-4-3-5-15(16)21/h3-6,14H,7-13H2,1-2H3,(H,22,29). The van der Waals surface area contributed by atoms with E-state index in [9.17, 15) is 9.59 Å². The summed E-state index contributed by atoms with van der Waals surface area (Å²) in [7, 11) is 3.55. The average Bonchev–Trinajstić information content (AvgIpc) is 3.18. The molecule has 2 aliphatic rings. The smallest absolute Gasteiger partial charge is 0.322 e. The number of hydrogen-bond acceptors (Lipinski definition) is 4. The molecule has 1 N–H and O–H groups in total. The summed E-state index contributed by atoms with van der Waals surface area (Å²) in [5.41, 5.74) is 0.593. The largest absolute Gasteiger partial charge is 0.331 e. The Morgan fingerprint density at radius 2 is 1.80 bits per heavy atom. The van der Waals surface area contributed by atoms with Crippen molar-refractivity contribution in [1.82, 2.24) is 29.5 Å². The number of nitrogens with one attached hydrogen (secondary N) is 1. The van der Waals surface area contributed by atoms with Crippen molar-refractivity contribution in [3.63, 3.8) is 0 Å². The summed E-state index contributed by atoms with van der Waals surface area (Å²) < 4.78 is 2.13. The van der Waals surface area contributed by atoms with Gasteiger partial charge in [0.2, 0.25) is 0 Å². The lowest BCUT2D eigenvalue weighted by molar-refractivity contribution is 0.154. The topological polar surface area (TPSA) is 86.6 Å². The van der Waals surface area contributed by atoms with Gasteiger partial charge in [-0.15, -0.1) is 10.2 Å². The fourth-order valence-electron chi connectivity index (χ4n) is 4.02. The van der Waals surface area contributed by atoms with Crippen LogP contribution in [0.3, 0.4) is 0 Å². The van der Waals surface area contributed by atoms with E-state index in [-0.39, 0.29) is 18.0 Å². The third kappa shape index (κ3) is 4.07. The molecular formula is C20H26ClN7O2. The number of halogens is 1. The number of nitrogens with zero attached hydrogens (tertiary/aromatic N) is 6. The van der Waals surface area contributed by atoms with Crippen LogP contribution >= 0.6 is 11.6 Å². The highest BCUT2D eigenvalue weighted by Gasteiger charge is 2.31. The van der Waals surface area contributed by atoms with Gasteiger partial charge in [-0.25, -0.2) is 9.59 Å². The molecule has 3 heterocycles. The van der Waals surface area contributed by atoms with Gasteiger partial charge in [0.25, 0.3) is 0 Å². The maximum atomic E-state index is 12.7. The molecule has 1 aromatic carbocycles. The number of fused-ring (bicyclic) bond motifs is 1. The van der Waals surface area contributed by atoms with E-state index in [0.717, 1.165) is 37.6 Å². The summed E-state index contributed by atoms with van der Waals surface area (Å²) >= 11 is 6.14. The molecule has 0 spiro atoms. The van der Waals surface area contributed by atoms with Gasteiger partial charge in [0.05, 0.1) is 17.3 Å². The zero-order valence-electron chi connectivity index (χ0n) is 17.2. The Kier molecular flexibility index (Phi) is 5.80. The monoisotopic (exact) mass is 431 g/mol. The summed E-state index contributed by atoms with van der Waals surface area (Å²) in [5.74, 6) is 2.03. The number of aromatic nitrogens is 3. The molecular weight excluding hydrogens is 406 g/mol. The molecule has 0 bridgehead atoms. The van der Waals surface area contributed by atoms with Crippen molar-refractivity contribution in [3.8, 4) is 0 Å². The Balaban J connectivity index is 1.38. The van der Waals surface area contributed by atoms with E-state index in [2.05, 4.69) is 20.1 Å². The Bertz CT molecular complexity index is 937. The lowest BCUT2D eigenvalue weighted by Gasteiger charge is -2.34. The number of para-hydroxylation sites is 1. The van der Waals surface area contributed by atoms with Crippen LogP contribution in [0.4, 0.5) is 15.3 Å². The highest BCUT2D eigenvalue weighted by molar-refractivity contribution is 6.33. The van der Waals surface area contributed by atoms with Crippen molar-refractivity contribution in [2.75, 3.05) is 39.0 Å². The fourth-order valence-corrected chi connectivity index (χ4v) is 4.21. The highest BCUT2D eigenvalue weighted by atomic mass is 35.5. The molecule has 0 atom stereocenters. The van der Waals surface area contributed by atoms with Crippen molar-refractivity contribution < 1.29 is 9.59 Å². The molecule has 4 amide bonds. The van der Waals surface area contributed by atoms with Gasteiger partial charge in [0.1, 0.15) is 5.82 Å². The van der Waals surface area contributed by atoms with Crippen LogP contribution in [0.15, 0.2) is 24.3 Å². The second-order valence-corrected chi connectivity index (χ2v) is 8.30. The molecule has 0 unspecified atom stereocenters. The number of carbonyl (C=O) groups is 2. The van der Waals surface area contributed by atoms with Gasteiger partial charge in [0.15, 0.2) is 5.82 Å². The number of anilines is 1. The maximum absolute atomic E-state index is 12.7. The van der Waals surface area contributed by atoms with Crippen LogP contribution < -0.4 is 5.32 Å². The number of benzene rings is 1. The number of amides is 4. The van der Waals surface area contributed by atoms with Crippen LogP contribution in [0, 0.1) is 0 Å². The van der Waals surface area contributed by atoms with Crippen LogP contribution in [0.5, 0.6) is 0 Å². The molecule has 1 fully saturated rings. The third-order valence-corrected chi connectivity index (χ3v) is 6.03. The van der Waals surface area contributed by atoms with E-state index >= 15 is 0 Å². The Hall–Kier alpha value is -2.81. The molecule has 160 valence electrons. The van der Waals surface area contributed by atoms with Crippen molar-refractivity contribution in [1.29, 1.82) is 0 Å². The normalized spacial score (nSPS) is 16.9. The van der Waals surface area contributed by atoms with Crippen LogP contribution in [-0.4, -0.2) is 75.3 Å². The molecule has 0 aliphatic carbocycles. The molecule has 2 aromatic rings. The van der Waals surface area contributed by atoms with E-state index in [4.69, 9.17) is 11.6 Å². The quantitative estimate of drug-likeness (QED) is 0.792. The zero-order chi connectivity index (χ0) is 21.3. The predicted octanol–water partition coefficient (Wildman–Crippen LogP) is 2.84. The van der Waals surface area contributed by atoms with Gasteiger partial charge in [0, 0.05) is 46.2 Å². The number of likely N-dealkylation sites (tertiary alicyclic amines) is 1. The van der Waals surface area contributed by atoms with Gasteiger partial charge >= 0.3 is 12.1 Å². The second-order valence-electron chi connectivity index (χ2n) is 7.90. The Labute approximate surface area is 180 Å². The maximum Gasteiger partial charge on any atom is 0.322 e. The lowest BCUT2D eigenvalue weighted by Crippen LogP contribution is -2.44.